The van der Waals surface area contributed by atoms with E-state index in [9.17, 15) is 5.26 Å². The number of nitriles is 1. The number of hydrogen-bond donors (Lipinski definition) is 0. The summed E-state index contributed by atoms with van der Waals surface area (Å²) in [5.74, 6) is 0. The molecule has 12 aromatic rings. The van der Waals surface area contributed by atoms with Gasteiger partial charge >= 0.3 is 0 Å². The Morgan fingerprint density at radius 3 is 1.28 bits per heavy atom. The van der Waals surface area contributed by atoms with E-state index in [1.165, 1.54) is 10.8 Å². The molecule has 0 aliphatic heterocycles. The van der Waals surface area contributed by atoms with E-state index in [1.54, 1.807) is 0 Å². The molecule has 6 nitrogen and oxygen atoms in total. The predicted molar refractivity (Wildman–Crippen MR) is 245 cm³/mol. The molecule has 6 heteroatoms. The van der Waals surface area contributed by atoms with Gasteiger partial charge in [0.2, 0.25) is 0 Å². The van der Waals surface area contributed by atoms with Crippen LogP contribution in [0.2, 0.25) is 0 Å². The molecule has 2 heterocycles. The van der Waals surface area contributed by atoms with Crippen LogP contribution in [0.4, 0.5) is 39.8 Å². The van der Waals surface area contributed by atoms with Crippen LogP contribution in [0.25, 0.3) is 81.0 Å². The van der Waals surface area contributed by atoms with Crippen molar-refractivity contribution >= 4 is 116 Å². The fraction of sp³-hybridized carbons (Fsp3) is 0. The van der Waals surface area contributed by atoms with Crippen molar-refractivity contribution < 1.29 is 8.83 Å². The van der Waals surface area contributed by atoms with Crippen molar-refractivity contribution in [2.75, 3.05) is 9.80 Å². The van der Waals surface area contributed by atoms with Crippen molar-refractivity contribution in [2.45, 2.75) is 0 Å². The molecule has 60 heavy (non-hydrogen) atoms. The van der Waals surface area contributed by atoms with Crippen molar-refractivity contribution in [1.29, 1.82) is 5.26 Å². The first kappa shape index (κ1) is 33.5. The molecule has 0 radical (unpaired) electrons. The second-order valence-electron chi connectivity index (χ2n) is 15.1. The number of fused-ring (bicyclic) bond motifs is 6. The maximum atomic E-state index is 9.65. The quantitative estimate of drug-likeness (QED) is 0.125. The third-order valence-corrected chi connectivity index (χ3v) is 11.8. The fourth-order valence-electron chi connectivity index (χ4n) is 9.10. The van der Waals surface area contributed by atoms with Crippen LogP contribution in [0.15, 0.2) is 191 Å². The zero-order valence-electron chi connectivity index (χ0n) is 31.9. The highest BCUT2D eigenvalue weighted by atomic mass is 16.3. The van der Waals surface area contributed by atoms with Gasteiger partial charge in [0.25, 0.3) is 0 Å². The Labute approximate surface area is 343 Å². The lowest BCUT2D eigenvalue weighted by Crippen LogP contribution is -2.11. The molecular weight excluding hydrogens is 737 g/mol. The Kier molecular flexibility index (Phi) is 7.26. The van der Waals surface area contributed by atoms with Gasteiger partial charge in [-0.3, -0.25) is 0 Å². The molecule has 0 saturated heterocycles. The predicted octanol–water partition coefficient (Wildman–Crippen LogP) is 15.7. The summed E-state index contributed by atoms with van der Waals surface area (Å²) in [7, 11) is 0. The summed E-state index contributed by atoms with van der Waals surface area (Å²) >= 11 is 0. The monoisotopic (exact) mass is 766 g/mol. The van der Waals surface area contributed by atoms with Gasteiger partial charge in [-0.2, -0.15) is 5.26 Å². The van der Waals surface area contributed by atoms with Gasteiger partial charge in [-0.05, 0) is 117 Å². The van der Waals surface area contributed by atoms with Crippen LogP contribution >= 0.6 is 0 Å². The van der Waals surface area contributed by atoms with Crippen molar-refractivity contribution in [1.82, 2.24) is 0 Å². The Balaban J connectivity index is 1.05. The Bertz CT molecular complexity index is 3440. The number of benzene rings is 10. The molecule has 0 N–H and O–H groups in total. The zero-order chi connectivity index (χ0) is 39.9. The summed E-state index contributed by atoms with van der Waals surface area (Å²) in [4.78, 5) is 8.13. The van der Waals surface area contributed by atoms with E-state index in [1.807, 2.05) is 84.9 Å². The van der Waals surface area contributed by atoms with Gasteiger partial charge in [0.15, 0.2) is 16.9 Å². The highest BCUT2D eigenvalue weighted by Crippen LogP contribution is 2.48. The number of hydrogen-bond acceptors (Lipinski definition) is 5. The third kappa shape index (κ3) is 5.05. The molecule has 12 rings (SSSR count). The topological polar surface area (TPSA) is 60.9 Å². The maximum Gasteiger partial charge on any atom is 0.187 e. The van der Waals surface area contributed by atoms with Crippen molar-refractivity contribution in [3.63, 3.8) is 0 Å². The summed E-state index contributed by atoms with van der Waals surface area (Å²) in [6.45, 7) is 7.60. The lowest BCUT2D eigenvalue weighted by atomic mass is 9.92. The molecule has 278 valence electrons. The van der Waals surface area contributed by atoms with Crippen LogP contribution < -0.4 is 9.80 Å². The van der Waals surface area contributed by atoms with Gasteiger partial charge < -0.3 is 18.6 Å². The zero-order valence-corrected chi connectivity index (χ0v) is 31.9. The molecule has 0 saturated carbocycles. The SMILES string of the molecule is [C-]#[N+]c1ccc(N(c2cc3ccc4cc(N(c5ccc(C#N)cc5)c5cccc6c5oc5ccccc56)cc5ccc(c2)c3c45)c2cccc3c2oc2ccccc23)cc1. The van der Waals surface area contributed by atoms with E-state index < -0.39 is 0 Å². The molecule has 0 unspecified atom stereocenters. The van der Waals surface area contributed by atoms with Crippen LogP contribution in [0.3, 0.4) is 0 Å². The van der Waals surface area contributed by atoms with Crippen molar-refractivity contribution in [3.05, 3.63) is 199 Å². The Hall–Kier alpha value is -8.58. The van der Waals surface area contributed by atoms with Crippen LogP contribution in [-0.2, 0) is 0 Å². The number of anilines is 6. The first-order chi connectivity index (χ1) is 29.6. The molecule has 0 bridgehead atoms. The van der Waals surface area contributed by atoms with Crippen LogP contribution in [0.5, 0.6) is 0 Å². The number of rotatable bonds is 6. The van der Waals surface area contributed by atoms with E-state index in [0.717, 1.165) is 99.5 Å². The smallest absolute Gasteiger partial charge is 0.187 e. The molecule has 0 amide bonds. The minimum Gasteiger partial charge on any atom is -0.454 e. The summed E-state index contributed by atoms with van der Waals surface area (Å²) < 4.78 is 13.2. The molecular formula is C54H30N4O2. The summed E-state index contributed by atoms with van der Waals surface area (Å²) in [5.41, 5.74) is 10.1. The van der Waals surface area contributed by atoms with Crippen LogP contribution in [-0.4, -0.2) is 0 Å². The summed E-state index contributed by atoms with van der Waals surface area (Å²) in [5, 5.41) is 20.7. The summed E-state index contributed by atoms with van der Waals surface area (Å²) in [6.07, 6.45) is 0. The molecule has 2 aromatic heterocycles. The van der Waals surface area contributed by atoms with Gasteiger partial charge in [0.05, 0.1) is 29.6 Å². The molecule has 0 aliphatic carbocycles. The molecule has 0 atom stereocenters. The van der Waals surface area contributed by atoms with E-state index >= 15 is 0 Å². The van der Waals surface area contributed by atoms with Crippen LogP contribution in [0.1, 0.15) is 5.56 Å². The largest absolute Gasteiger partial charge is 0.454 e. The second-order valence-corrected chi connectivity index (χ2v) is 15.1. The number of nitrogens with zero attached hydrogens (tertiary/aromatic N) is 4. The van der Waals surface area contributed by atoms with E-state index in [4.69, 9.17) is 15.4 Å². The minimum atomic E-state index is 0.586. The highest BCUT2D eigenvalue weighted by Gasteiger charge is 2.23. The van der Waals surface area contributed by atoms with E-state index in [-0.39, 0.29) is 0 Å². The van der Waals surface area contributed by atoms with E-state index in [2.05, 4.69) is 118 Å². The average molecular weight is 767 g/mol. The average Bonchev–Trinajstić information content (AvgIpc) is 3.88. The lowest BCUT2D eigenvalue weighted by molar-refractivity contribution is 0.668. The van der Waals surface area contributed by atoms with Gasteiger partial charge in [-0.15, -0.1) is 0 Å². The second kappa shape index (κ2) is 13.0. The number of para-hydroxylation sites is 4. The minimum absolute atomic E-state index is 0.586. The fourth-order valence-corrected chi connectivity index (χ4v) is 9.10. The van der Waals surface area contributed by atoms with Crippen molar-refractivity contribution in [3.8, 4) is 6.07 Å². The van der Waals surface area contributed by atoms with E-state index in [0.29, 0.717) is 11.3 Å². The Morgan fingerprint density at radius 1 is 0.433 bits per heavy atom. The van der Waals surface area contributed by atoms with Gasteiger partial charge in [0.1, 0.15) is 11.2 Å². The van der Waals surface area contributed by atoms with Crippen molar-refractivity contribution in [2.24, 2.45) is 0 Å². The lowest BCUT2D eigenvalue weighted by Gasteiger charge is -2.28. The molecule has 0 aliphatic rings. The van der Waals surface area contributed by atoms with Crippen LogP contribution in [0, 0.1) is 17.9 Å². The maximum absolute atomic E-state index is 9.65. The highest BCUT2D eigenvalue weighted by molar-refractivity contribution is 6.25. The number of furan rings is 2. The molecule has 0 fully saturated rings. The first-order valence-electron chi connectivity index (χ1n) is 19.7. The standard InChI is InChI=1S/C54H30N4O2/c1-56-38-22-26-40(27-23-38)58(48-13-7-11-46-44-9-3-5-15-50(44)60-54(46)48)42-30-36-20-18-34-28-41(29-35-19-21-37(31-42)52(36)51(34)35)57(39-24-16-33(32-55)17-25-39)47-12-6-10-45-43-8-2-4-14-49(43)59-53(45)47/h2-31H. The normalized spacial score (nSPS) is 11.6. The van der Waals surface area contributed by atoms with Gasteiger partial charge in [0, 0.05) is 44.3 Å². The molecule has 10 aromatic carbocycles. The molecule has 0 spiro atoms. The Morgan fingerprint density at radius 2 is 0.850 bits per heavy atom. The third-order valence-electron chi connectivity index (χ3n) is 11.8. The van der Waals surface area contributed by atoms with Gasteiger partial charge in [-0.1, -0.05) is 97.1 Å². The first-order valence-corrected chi connectivity index (χ1v) is 19.7. The summed E-state index contributed by atoms with van der Waals surface area (Å²) in [6, 6.07) is 64.5. The van der Waals surface area contributed by atoms with Gasteiger partial charge in [-0.25, -0.2) is 4.85 Å².